The van der Waals surface area contributed by atoms with Gasteiger partial charge in [-0.15, -0.1) is 23.1 Å². The van der Waals surface area contributed by atoms with Gasteiger partial charge >= 0.3 is 0 Å². The summed E-state index contributed by atoms with van der Waals surface area (Å²) >= 11 is 0. The molecule has 0 heterocycles. The van der Waals surface area contributed by atoms with Crippen molar-refractivity contribution >= 4 is 0 Å². The third-order valence-corrected chi connectivity index (χ3v) is 0.931. The second-order valence-electron chi connectivity index (χ2n) is 2.09. The van der Waals surface area contributed by atoms with E-state index in [-0.39, 0.29) is 13.1 Å². The van der Waals surface area contributed by atoms with Crippen molar-refractivity contribution in [2.75, 3.05) is 13.1 Å². The highest BCUT2D eigenvalue weighted by Crippen LogP contribution is 1.78. The minimum absolute atomic E-state index is 0.138. The summed E-state index contributed by atoms with van der Waals surface area (Å²) in [6.45, 7) is 7.01. The van der Waals surface area contributed by atoms with Gasteiger partial charge in [0.1, 0.15) is 0 Å². The first-order chi connectivity index (χ1) is 6.70. The number of hydroxylamine groups is 2. The summed E-state index contributed by atoms with van der Waals surface area (Å²) in [5.74, 6) is 0. The van der Waals surface area contributed by atoms with Crippen molar-refractivity contribution in [1.82, 2.24) is 21.5 Å². The lowest BCUT2D eigenvalue weighted by atomic mass is 10.7. The predicted octanol–water partition coefficient (Wildman–Crippen LogP) is -0.472. The highest BCUT2D eigenvalue weighted by molar-refractivity contribution is 4.66. The van der Waals surface area contributed by atoms with Crippen molar-refractivity contribution in [3.05, 3.63) is 25.3 Å². The minimum Gasteiger partial charge on any atom is -0.297 e. The topological polar surface area (TPSA) is 89.5 Å². The van der Waals surface area contributed by atoms with Gasteiger partial charge in [-0.25, -0.2) is 0 Å². The maximum absolute atomic E-state index is 8.84. The zero-order chi connectivity index (χ0) is 10.8. The Morgan fingerprint density at radius 1 is 1.00 bits per heavy atom. The first-order valence-electron chi connectivity index (χ1n) is 3.69. The summed E-state index contributed by atoms with van der Waals surface area (Å²) in [7, 11) is 0. The van der Waals surface area contributed by atoms with Gasteiger partial charge in [0.25, 0.3) is 0 Å². The molecule has 0 fully saturated rings. The molecule has 0 aliphatic heterocycles. The number of nitrogens with one attached hydrogen (secondary N) is 2. The maximum Gasteiger partial charge on any atom is 0.0601 e. The average Bonchev–Trinajstić information content (AvgIpc) is 2.13. The molecule has 0 aliphatic carbocycles. The normalized spacial score (nSPS) is 10.9. The first-order valence-corrected chi connectivity index (χ1v) is 3.69. The predicted molar refractivity (Wildman–Crippen MR) is 45.8 cm³/mol. The molecule has 0 saturated carbocycles. The lowest BCUT2D eigenvalue weighted by Crippen LogP contribution is -2.41. The average molecular weight is 206 g/mol. The van der Waals surface area contributed by atoms with Crippen molar-refractivity contribution < 1.29 is 20.4 Å². The van der Waals surface area contributed by atoms with Crippen molar-refractivity contribution in [2.24, 2.45) is 0 Å². The molecule has 0 aliphatic rings. The van der Waals surface area contributed by atoms with Crippen LogP contribution in [0.1, 0.15) is 0 Å². The third kappa shape index (κ3) is 7.79. The first kappa shape index (κ1) is 13.2. The molecule has 0 rings (SSSR count). The van der Waals surface area contributed by atoms with Crippen LogP contribution in [0.25, 0.3) is 0 Å². The highest BCUT2D eigenvalue weighted by atomic mass is 17.3. The van der Waals surface area contributed by atoms with Gasteiger partial charge in [-0.05, 0) is 0 Å². The largest absolute Gasteiger partial charge is 0.297 e. The van der Waals surface area contributed by atoms with Gasteiger partial charge in [0.05, 0.1) is 13.1 Å². The summed E-state index contributed by atoms with van der Waals surface area (Å²) in [5, 5.41) is 18.8. The lowest BCUT2D eigenvalue weighted by molar-refractivity contribution is -0.468. The summed E-state index contributed by atoms with van der Waals surface area (Å²) in [5.41, 5.74) is 3.90. The maximum atomic E-state index is 8.84. The fraction of sp³-hybridized carbons (Fsp3) is 0.333. The molecule has 0 aromatic rings. The van der Waals surface area contributed by atoms with E-state index in [9.17, 15) is 0 Å². The second kappa shape index (κ2) is 8.74. The molecule has 0 aromatic heterocycles. The van der Waals surface area contributed by atoms with Crippen molar-refractivity contribution in [3.8, 4) is 0 Å². The van der Waals surface area contributed by atoms with Gasteiger partial charge in [0.15, 0.2) is 0 Å². The van der Waals surface area contributed by atoms with E-state index in [1.807, 2.05) is 11.2 Å². The van der Waals surface area contributed by atoms with Crippen molar-refractivity contribution in [2.45, 2.75) is 0 Å². The van der Waals surface area contributed by atoms with Crippen LogP contribution in [0.4, 0.5) is 0 Å². The lowest BCUT2D eigenvalue weighted by Gasteiger charge is -2.14. The second-order valence-corrected chi connectivity index (χ2v) is 2.09. The Hall–Kier alpha value is -0.840. The fourth-order valence-corrected chi connectivity index (χ4v) is 0.442. The SMILES string of the molecule is C=CCN(O)NOONN(O)CC=C. The molecule has 14 heavy (non-hydrogen) atoms. The summed E-state index contributed by atoms with van der Waals surface area (Å²) in [6.07, 6.45) is 2.86. The molecule has 4 N–H and O–H groups in total. The van der Waals surface area contributed by atoms with E-state index in [1.165, 1.54) is 12.2 Å². The summed E-state index contributed by atoms with van der Waals surface area (Å²) < 4.78 is 0. The van der Waals surface area contributed by atoms with Gasteiger partial charge < -0.3 is 0 Å². The molecular formula is C6H14N4O4. The van der Waals surface area contributed by atoms with E-state index in [0.717, 1.165) is 0 Å². The smallest absolute Gasteiger partial charge is 0.0601 e. The molecular weight excluding hydrogens is 192 g/mol. The van der Waals surface area contributed by atoms with E-state index >= 15 is 0 Å². The van der Waals surface area contributed by atoms with Gasteiger partial charge in [0, 0.05) is 0 Å². The van der Waals surface area contributed by atoms with Crippen LogP contribution in [0, 0.1) is 0 Å². The van der Waals surface area contributed by atoms with Crippen LogP contribution in [0.3, 0.4) is 0 Å². The molecule has 0 saturated heterocycles. The Balaban J connectivity index is 3.27. The molecule has 82 valence electrons. The molecule has 0 spiro atoms. The molecule has 0 unspecified atom stereocenters. The Morgan fingerprint density at radius 2 is 1.36 bits per heavy atom. The van der Waals surface area contributed by atoms with Gasteiger partial charge in [-0.1, -0.05) is 33.7 Å². The highest BCUT2D eigenvalue weighted by Gasteiger charge is 1.98. The molecule has 8 nitrogen and oxygen atoms in total. The number of hydrogen-bond donors (Lipinski definition) is 4. The van der Waals surface area contributed by atoms with E-state index in [1.54, 1.807) is 0 Å². The Bertz CT molecular complexity index is 150. The quantitative estimate of drug-likeness (QED) is 0.174. The van der Waals surface area contributed by atoms with Gasteiger partial charge in [-0.2, -0.15) is 0 Å². The van der Waals surface area contributed by atoms with Crippen LogP contribution in [0.2, 0.25) is 0 Å². The van der Waals surface area contributed by atoms with Crippen LogP contribution in [-0.4, -0.2) is 33.8 Å². The van der Waals surface area contributed by atoms with Gasteiger partial charge in [-0.3, -0.25) is 10.4 Å². The molecule has 0 amide bonds. The zero-order valence-electron chi connectivity index (χ0n) is 7.59. The molecule has 0 bridgehead atoms. The Morgan fingerprint density at radius 3 is 1.64 bits per heavy atom. The fourth-order valence-electron chi connectivity index (χ4n) is 0.442. The van der Waals surface area contributed by atoms with Crippen LogP contribution < -0.4 is 11.2 Å². The standard InChI is InChI=1S/C6H14N4O4/c1-3-5-9(11)7-13-14-8-10(12)6-4-2/h3-4,7-8,11-12H,1-2,5-6H2. The number of rotatable bonds is 9. The summed E-state index contributed by atoms with van der Waals surface area (Å²) in [6, 6.07) is 0. The summed E-state index contributed by atoms with van der Waals surface area (Å²) in [4.78, 5) is 8.39. The molecule has 8 heteroatoms. The van der Waals surface area contributed by atoms with E-state index in [2.05, 4.69) is 23.1 Å². The van der Waals surface area contributed by atoms with Crippen LogP contribution >= 0.6 is 0 Å². The van der Waals surface area contributed by atoms with E-state index in [0.29, 0.717) is 10.3 Å². The molecule has 0 radical (unpaired) electrons. The van der Waals surface area contributed by atoms with Crippen molar-refractivity contribution in [3.63, 3.8) is 0 Å². The third-order valence-electron chi connectivity index (χ3n) is 0.931. The zero-order valence-corrected chi connectivity index (χ0v) is 7.59. The molecule has 0 atom stereocenters. The van der Waals surface area contributed by atoms with Crippen LogP contribution in [0.5, 0.6) is 0 Å². The number of hydrogen-bond acceptors (Lipinski definition) is 8. The number of hydrazine groups is 2. The Labute approximate surface area is 81.3 Å². The van der Waals surface area contributed by atoms with Crippen LogP contribution in [0.15, 0.2) is 25.3 Å². The number of nitrogens with zero attached hydrogens (tertiary/aromatic N) is 2. The van der Waals surface area contributed by atoms with Crippen LogP contribution in [-0.2, 0) is 9.98 Å². The van der Waals surface area contributed by atoms with E-state index in [4.69, 9.17) is 10.4 Å². The Kier molecular flexibility index (Phi) is 8.22. The monoisotopic (exact) mass is 206 g/mol. The van der Waals surface area contributed by atoms with E-state index < -0.39 is 0 Å². The minimum atomic E-state index is 0.138. The van der Waals surface area contributed by atoms with Crippen molar-refractivity contribution in [1.29, 1.82) is 0 Å². The van der Waals surface area contributed by atoms with Gasteiger partial charge in [0.2, 0.25) is 0 Å². The molecule has 0 aromatic carbocycles.